The number of cyclic esters (lactones) is 1. The number of allylic oxidation sites excluding steroid dienone is 2. The zero-order chi connectivity index (χ0) is 46.3. The SMILES string of the molecule is CCCCCCCCCCCC[C@@H](O[Si](C)(C)C(C)(C)C)[C@H]1CC[C@H]([C@@H](CC/C=C/C(=O)C[C@@H]2CCC[C@H](C[C@@]3(Sc4ccccc4)C[C@H](C)OC3=O)O2)O[Si](C)(C)C(C)(C)C)O1. The molecule has 4 rings (SSSR count). The molecular weight excluding hydrogens is 837 g/mol. The second-order valence-corrected chi connectivity index (χ2v) is 33.6. The lowest BCUT2D eigenvalue weighted by Crippen LogP contribution is -2.48. The van der Waals surface area contributed by atoms with Gasteiger partial charge in [-0.2, -0.15) is 0 Å². The molecule has 7 nitrogen and oxygen atoms in total. The van der Waals surface area contributed by atoms with Crippen LogP contribution in [0.25, 0.3) is 0 Å². The molecule has 0 N–H and O–H groups in total. The number of carbonyl (C=O) groups is 2. The summed E-state index contributed by atoms with van der Waals surface area (Å²) >= 11 is 1.61. The largest absolute Gasteiger partial charge is 0.462 e. The van der Waals surface area contributed by atoms with Gasteiger partial charge in [-0.25, -0.2) is 0 Å². The van der Waals surface area contributed by atoms with Crippen LogP contribution in [0.5, 0.6) is 0 Å². The van der Waals surface area contributed by atoms with Crippen molar-refractivity contribution in [1.29, 1.82) is 0 Å². The summed E-state index contributed by atoms with van der Waals surface area (Å²) in [7, 11) is -4.11. The van der Waals surface area contributed by atoms with E-state index in [-0.39, 0.29) is 64.6 Å². The highest BCUT2D eigenvalue weighted by Crippen LogP contribution is 2.47. The molecule has 3 aliphatic rings. The molecular formula is C53H92O7SSi2. The minimum atomic E-state index is -2.10. The molecule has 0 unspecified atom stereocenters. The Bertz CT molecular complexity index is 1540. The number of unbranched alkanes of at least 4 members (excludes halogenated alkanes) is 9. The molecule has 3 fully saturated rings. The van der Waals surface area contributed by atoms with Crippen LogP contribution in [0.3, 0.4) is 0 Å². The van der Waals surface area contributed by atoms with Gasteiger partial charge in [0, 0.05) is 17.7 Å². The number of ether oxygens (including phenoxy) is 3. The lowest BCUT2D eigenvalue weighted by atomic mass is 9.91. The van der Waals surface area contributed by atoms with E-state index in [0.717, 1.165) is 56.3 Å². The molecule has 0 spiro atoms. The summed E-state index contributed by atoms with van der Waals surface area (Å²) in [5, 5.41) is 0.213. The van der Waals surface area contributed by atoms with Crippen molar-refractivity contribution < 1.29 is 32.7 Å². The lowest BCUT2D eigenvalue weighted by molar-refractivity contribution is -0.144. The van der Waals surface area contributed by atoms with Gasteiger partial charge in [0.2, 0.25) is 0 Å². The second-order valence-electron chi connectivity index (χ2n) is 22.6. The Morgan fingerprint density at radius 2 is 1.32 bits per heavy atom. The minimum Gasteiger partial charge on any atom is -0.462 e. The van der Waals surface area contributed by atoms with Gasteiger partial charge in [-0.1, -0.05) is 137 Å². The monoisotopic (exact) mass is 929 g/mol. The van der Waals surface area contributed by atoms with Gasteiger partial charge in [0.05, 0.1) is 36.6 Å². The summed E-state index contributed by atoms with van der Waals surface area (Å²) in [4.78, 5) is 27.8. The number of ketones is 1. The number of hydrogen-bond donors (Lipinski definition) is 0. The normalized spacial score (nSPS) is 26.0. The fourth-order valence-electron chi connectivity index (χ4n) is 9.12. The molecule has 0 aromatic heterocycles. The first-order valence-corrected chi connectivity index (χ1v) is 32.1. The van der Waals surface area contributed by atoms with E-state index < -0.39 is 21.4 Å². The van der Waals surface area contributed by atoms with E-state index in [1.807, 2.05) is 31.2 Å². The Labute approximate surface area is 392 Å². The van der Waals surface area contributed by atoms with E-state index in [4.69, 9.17) is 23.1 Å². The molecule has 3 aliphatic heterocycles. The van der Waals surface area contributed by atoms with Crippen LogP contribution in [-0.2, 0) is 32.7 Å². The van der Waals surface area contributed by atoms with Gasteiger partial charge >= 0.3 is 5.97 Å². The molecule has 8 atom stereocenters. The first kappa shape index (κ1) is 54.3. The number of thioether (sulfide) groups is 1. The Balaban J connectivity index is 1.34. The molecule has 0 radical (unpaired) electrons. The van der Waals surface area contributed by atoms with Crippen molar-refractivity contribution >= 4 is 40.1 Å². The predicted octanol–water partition coefficient (Wildman–Crippen LogP) is 15.1. The Kier molecular flexibility index (Phi) is 21.7. The smallest absolute Gasteiger partial charge is 0.323 e. The van der Waals surface area contributed by atoms with Crippen molar-refractivity contribution in [2.75, 3.05) is 0 Å². The molecule has 10 heteroatoms. The highest BCUT2D eigenvalue weighted by molar-refractivity contribution is 8.01. The van der Waals surface area contributed by atoms with Crippen LogP contribution in [0.4, 0.5) is 0 Å². The summed E-state index contributed by atoms with van der Waals surface area (Å²) in [6, 6.07) is 10.1. The minimum absolute atomic E-state index is 0.0162. The molecule has 1 aromatic carbocycles. The van der Waals surface area contributed by atoms with Gasteiger partial charge in [0.25, 0.3) is 0 Å². The van der Waals surface area contributed by atoms with Crippen LogP contribution in [-0.4, -0.2) is 75.9 Å². The van der Waals surface area contributed by atoms with Gasteiger partial charge < -0.3 is 23.1 Å². The highest BCUT2D eigenvalue weighted by atomic mass is 32.2. The molecule has 0 amide bonds. The number of carbonyl (C=O) groups excluding carboxylic acids is 2. The van der Waals surface area contributed by atoms with Crippen molar-refractivity contribution in [3.63, 3.8) is 0 Å². The number of esters is 1. The highest BCUT2D eigenvalue weighted by Gasteiger charge is 2.51. The first-order valence-electron chi connectivity index (χ1n) is 25.5. The second kappa shape index (κ2) is 25.2. The maximum absolute atomic E-state index is 13.4. The third-order valence-electron chi connectivity index (χ3n) is 15.0. The molecule has 63 heavy (non-hydrogen) atoms. The van der Waals surface area contributed by atoms with Crippen LogP contribution in [0.2, 0.25) is 36.3 Å². The van der Waals surface area contributed by atoms with Gasteiger partial charge in [-0.3, -0.25) is 9.59 Å². The van der Waals surface area contributed by atoms with Crippen LogP contribution in [0.15, 0.2) is 47.4 Å². The molecule has 0 bridgehead atoms. The fourth-order valence-corrected chi connectivity index (χ4v) is 13.3. The molecule has 1 aromatic rings. The summed E-state index contributed by atoms with van der Waals surface area (Å²) in [5.41, 5.74) is 0. The summed E-state index contributed by atoms with van der Waals surface area (Å²) in [5.74, 6) is -0.0499. The zero-order valence-electron chi connectivity index (χ0n) is 42.2. The van der Waals surface area contributed by atoms with Gasteiger partial charge in [0.15, 0.2) is 22.4 Å². The molecule has 0 saturated carbocycles. The zero-order valence-corrected chi connectivity index (χ0v) is 45.0. The quantitative estimate of drug-likeness (QED) is 0.0374. The third-order valence-corrected chi connectivity index (χ3v) is 25.4. The van der Waals surface area contributed by atoms with Crippen LogP contribution in [0, 0.1) is 0 Å². The van der Waals surface area contributed by atoms with Crippen LogP contribution >= 0.6 is 11.8 Å². The Hall–Kier alpha value is -1.28. The lowest BCUT2D eigenvalue weighted by Gasteiger charge is -2.42. The van der Waals surface area contributed by atoms with E-state index >= 15 is 0 Å². The Morgan fingerprint density at radius 3 is 1.86 bits per heavy atom. The summed E-state index contributed by atoms with van der Waals surface area (Å²) in [6.45, 7) is 27.7. The van der Waals surface area contributed by atoms with Crippen molar-refractivity contribution in [3.05, 3.63) is 42.5 Å². The summed E-state index contributed by atoms with van der Waals surface area (Å²) in [6.07, 6.45) is 25.9. The van der Waals surface area contributed by atoms with Crippen molar-refractivity contribution in [2.45, 2.75) is 279 Å². The maximum atomic E-state index is 13.4. The fraction of sp³-hybridized carbons (Fsp3) is 0.811. The van der Waals surface area contributed by atoms with Crippen LogP contribution < -0.4 is 0 Å². The molecule has 3 saturated heterocycles. The van der Waals surface area contributed by atoms with E-state index in [2.05, 4.69) is 86.8 Å². The van der Waals surface area contributed by atoms with E-state index in [0.29, 0.717) is 19.3 Å². The van der Waals surface area contributed by atoms with Crippen molar-refractivity contribution in [1.82, 2.24) is 0 Å². The van der Waals surface area contributed by atoms with E-state index in [1.165, 1.54) is 64.2 Å². The van der Waals surface area contributed by atoms with Crippen LogP contribution in [0.1, 0.15) is 190 Å². The van der Waals surface area contributed by atoms with Gasteiger partial charge in [-0.05, 0) is 119 Å². The van der Waals surface area contributed by atoms with E-state index in [9.17, 15) is 9.59 Å². The van der Waals surface area contributed by atoms with E-state index in [1.54, 1.807) is 17.8 Å². The average molecular weight is 930 g/mol. The Morgan fingerprint density at radius 1 is 0.778 bits per heavy atom. The average Bonchev–Trinajstić information content (AvgIpc) is 3.79. The number of rotatable bonds is 27. The number of benzene rings is 1. The van der Waals surface area contributed by atoms with Crippen molar-refractivity contribution in [3.8, 4) is 0 Å². The molecule has 360 valence electrons. The predicted molar refractivity (Wildman–Crippen MR) is 269 cm³/mol. The third kappa shape index (κ3) is 17.4. The molecule has 3 heterocycles. The molecule has 0 aliphatic carbocycles. The first-order chi connectivity index (χ1) is 29.6. The maximum Gasteiger partial charge on any atom is 0.323 e. The summed E-state index contributed by atoms with van der Waals surface area (Å²) < 4.78 is 33.1. The number of hydrogen-bond acceptors (Lipinski definition) is 8. The van der Waals surface area contributed by atoms with Gasteiger partial charge in [0.1, 0.15) is 10.9 Å². The topological polar surface area (TPSA) is 80.3 Å². The standard InChI is InChI=1S/C53H92O7SSi2/c1-13-14-15-16-17-18-19-20-21-25-34-48(59-62(9,10)51(3,4)5)46-36-37-47(58-46)49(60-63(11,12)52(6,7)8)35-27-26-29-42(54)38-43-30-28-31-44(57-43)40-53(39-41(2)56-50(53)55)61-45-32-23-22-24-33-45/h22-24,26,29,32-33,41,43-44,46-49H,13-21,25,27-28,30-31,34-40H2,1-12H3/b29-26+/t41-,43-,44+,46+,47+,48+,49+,53-/m0/s1. The van der Waals surface area contributed by atoms with Crippen molar-refractivity contribution in [2.24, 2.45) is 0 Å². The van der Waals surface area contributed by atoms with Gasteiger partial charge in [-0.15, -0.1) is 11.8 Å².